The number of sulfonamides is 1. The smallest absolute Gasteiger partial charge is 0.322 e. The normalized spacial score (nSPS) is 12.8. The molecule has 1 N–H and O–H groups in total. The van der Waals surface area contributed by atoms with Gasteiger partial charge in [0.25, 0.3) is 0 Å². The van der Waals surface area contributed by atoms with E-state index in [2.05, 4.69) is 0 Å². The maximum absolute atomic E-state index is 14.1. The summed E-state index contributed by atoms with van der Waals surface area (Å²) in [5.41, 5.74) is 3.28. The summed E-state index contributed by atoms with van der Waals surface area (Å²) < 4.78 is 35.2. The number of benzene rings is 4. The quantitative estimate of drug-likeness (QED) is 0.218. The number of nitrogens with zero attached hydrogens (tertiary/aromatic N) is 1. The van der Waals surface area contributed by atoms with E-state index in [9.17, 15) is 18.3 Å². The highest BCUT2D eigenvalue weighted by Crippen LogP contribution is 2.32. The van der Waals surface area contributed by atoms with Crippen molar-refractivity contribution in [3.63, 3.8) is 0 Å². The largest absolute Gasteiger partial charge is 0.480 e. The molecule has 1 atom stereocenters. The molecule has 38 heavy (non-hydrogen) atoms. The van der Waals surface area contributed by atoms with Crippen molar-refractivity contribution >= 4 is 37.9 Å². The van der Waals surface area contributed by atoms with E-state index in [1.165, 1.54) is 6.07 Å². The van der Waals surface area contributed by atoms with Crippen molar-refractivity contribution < 1.29 is 22.7 Å². The summed E-state index contributed by atoms with van der Waals surface area (Å²) in [5.74, 6) is -1.15. The lowest BCUT2D eigenvalue weighted by atomic mass is 10.0. The van der Waals surface area contributed by atoms with Crippen LogP contribution in [0.3, 0.4) is 0 Å². The summed E-state index contributed by atoms with van der Waals surface area (Å²) in [6, 6.07) is 30.3. The van der Waals surface area contributed by atoms with Crippen LogP contribution in [0.5, 0.6) is 0 Å². The Morgan fingerprint density at radius 2 is 1.37 bits per heavy atom. The highest BCUT2D eigenvalue weighted by Gasteiger charge is 2.35. The highest BCUT2D eigenvalue weighted by atomic mass is 32.2. The van der Waals surface area contributed by atoms with Crippen molar-refractivity contribution in [2.75, 3.05) is 6.54 Å². The molecular formula is C31H29NO5S. The van der Waals surface area contributed by atoms with Gasteiger partial charge in [-0.05, 0) is 61.1 Å². The number of carbonyl (C=O) groups is 1. The SMILES string of the molecule is O=C(O)C(CCCc1ccccc1)N(CCc1ccccc1)S(=O)(=O)c1ccc2oc3ccccc3c2c1. The average Bonchev–Trinajstić information content (AvgIpc) is 3.31. The van der Waals surface area contributed by atoms with Crippen molar-refractivity contribution in [3.8, 4) is 0 Å². The van der Waals surface area contributed by atoms with Crippen molar-refractivity contribution in [1.29, 1.82) is 0 Å². The Morgan fingerprint density at radius 1 is 0.763 bits per heavy atom. The number of rotatable bonds is 11. The number of fused-ring (bicyclic) bond motifs is 3. The minimum Gasteiger partial charge on any atom is -0.480 e. The molecule has 0 radical (unpaired) electrons. The molecule has 5 rings (SSSR count). The van der Waals surface area contributed by atoms with Crippen LogP contribution in [0.2, 0.25) is 0 Å². The second-order valence-electron chi connectivity index (χ2n) is 9.34. The molecule has 7 heteroatoms. The Labute approximate surface area is 222 Å². The van der Waals surface area contributed by atoms with Crippen LogP contribution in [0.1, 0.15) is 24.0 Å². The van der Waals surface area contributed by atoms with Gasteiger partial charge in [0.05, 0.1) is 4.90 Å². The van der Waals surface area contributed by atoms with E-state index in [-0.39, 0.29) is 17.9 Å². The number of carboxylic acids is 1. The first-order valence-electron chi connectivity index (χ1n) is 12.7. The second kappa shape index (κ2) is 11.2. The van der Waals surface area contributed by atoms with E-state index in [0.29, 0.717) is 35.8 Å². The van der Waals surface area contributed by atoms with Crippen LogP contribution in [-0.4, -0.2) is 36.4 Å². The van der Waals surface area contributed by atoms with Crippen LogP contribution in [-0.2, 0) is 27.7 Å². The molecule has 0 fully saturated rings. The van der Waals surface area contributed by atoms with Crippen molar-refractivity contribution in [2.45, 2.75) is 36.6 Å². The monoisotopic (exact) mass is 527 g/mol. The summed E-state index contributed by atoms with van der Waals surface area (Å²) in [5, 5.41) is 11.7. The summed E-state index contributed by atoms with van der Waals surface area (Å²) in [4.78, 5) is 12.6. The van der Waals surface area contributed by atoms with Gasteiger partial charge in [0, 0.05) is 17.3 Å². The van der Waals surface area contributed by atoms with Gasteiger partial charge >= 0.3 is 5.97 Å². The topological polar surface area (TPSA) is 87.8 Å². The Morgan fingerprint density at radius 3 is 2.05 bits per heavy atom. The lowest BCUT2D eigenvalue weighted by Gasteiger charge is -2.28. The van der Waals surface area contributed by atoms with E-state index in [4.69, 9.17) is 4.42 Å². The molecule has 0 bridgehead atoms. The van der Waals surface area contributed by atoms with Gasteiger partial charge in [-0.15, -0.1) is 0 Å². The Bertz CT molecular complexity index is 1650. The van der Waals surface area contributed by atoms with Gasteiger partial charge in [-0.1, -0.05) is 78.9 Å². The molecule has 0 aliphatic carbocycles. The molecule has 4 aromatic carbocycles. The van der Waals surface area contributed by atoms with E-state index >= 15 is 0 Å². The lowest BCUT2D eigenvalue weighted by Crippen LogP contribution is -2.46. The molecule has 1 aromatic heterocycles. The highest BCUT2D eigenvalue weighted by molar-refractivity contribution is 7.89. The molecular weight excluding hydrogens is 498 g/mol. The Kier molecular flexibility index (Phi) is 7.58. The van der Waals surface area contributed by atoms with Gasteiger partial charge in [-0.25, -0.2) is 8.42 Å². The number of carboxylic acid groups (broad SMARTS) is 1. The van der Waals surface area contributed by atoms with Gasteiger partial charge in [-0.2, -0.15) is 4.31 Å². The predicted octanol–water partition coefficient (Wildman–Crippen LogP) is 6.30. The number of furan rings is 1. The van der Waals surface area contributed by atoms with Crippen molar-refractivity contribution in [2.24, 2.45) is 0 Å². The van der Waals surface area contributed by atoms with Crippen LogP contribution in [0, 0.1) is 0 Å². The standard InChI is InChI=1S/C31H29NO5S/c33-31(34)28(16-9-14-23-10-3-1-4-11-23)32(21-20-24-12-5-2-6-13-24)38(35,36)25-18-19-30-27(22-25)26-15-7-8-17-29(26)37-30/h1-8,10-13,15,17-19,22,28H,9,14,16,20-21H2,(H,33,34). The minimum atomic E-state index is -4.14. The maximum Gasteiger partial charge on any atom is 0.322 e. The molecule has 194 valence electrons. The molecule has 6 nitrogen and oxygen atoms in total. The molecule has 0 saturated heterocycles. The first kappa shape index (κ1) is 25.7. The molecule has 1 unspecified atom stereocenters. The van der Waals surface area contributed by atoms with Crippen LogP contribution in [0.15, 0.2) is 112 Å². The fourth-order valence-corrected chi connectivity index (χ4v) is 6.50. The number of aliphatic carboxylic acids is 1. The first-order chi connectivity index (χ1) is 18.4. The summed E-state index contributed by atoms with van der Waals surface area (Å²) >= 11 is 0. The van der Waals surface area contributed by atoms with E-state index in [1.807, 2.05) is 84.9 Å². The molecule has 0 aliphatic heterocycles. The van der Waals surface area contributed by atoms with E-state index in [0.717, 1.165) is 20.8 Å². The summed E-state index contributed by atoms with van der Waals surface area (Å²) in [6.07, 6.45) is 1.82. The van der Waals surface area contributed by atoms with Crippen LogP contribution in [0.25, 0.3) is 21.9 Å². The minimum absolute atomic E-state index is 0.0544. The van der Waals surface area contributed by atoms with Crippen LogP contribution in [0.4, 0.5) is 0 Å². The molecule has 1 heterocycles. The third kappa shape index (κ3) is 5.49. The number of hydrogen-bond donors (Lipinski definition) is 1. The van der Waals surface area contributed by atoms with Crippen molar-refractivity contribution in [1.82, 2.24) is 4.31 Å². The fraction of sp³-hybridized carbons (Fsp3) is 0.194. The second-order valence-corrected chi connectivity index (χ2v) is 11.2. The third-order valence-electron chi connectivity index (χ3n) is 6.84. The molecule has 5 aromatic rings. The zero-order valence-corrected chi connectivity index (χ0v) is 21.7. The van der Waals surface area contributed by atoms with Crippen molar-refractivity contribution in [3.05, 3.63) is 114 Å². The van der Waals surface area contributed by atoms with Gasteiger partial charge in [0.15, 0.2) is 0 Å². The first-order valence-corrected chi connectivity index (χ1v) is 14.1. The molecule has 0 amide bonds. The maximum atomic E-state index is 14.1. The summed E-state index contributed by atoms with van der Waals surface area (Å²) in [7, 11) is -4.14. The zero-order valence-electron chi connectivity index (χ0n) is 20.9. The Balaban J connectivity index is 1.49. The average molecular weight is 528 g/mol. The summed E-state index contributed by atoms with van der Waals surface area (Å²) in [6.45, 7) is 0.0544. The van der Waals surface area contributed by atoms with Gasteiger partial charge in [0.1, 0.15) is 17.2 Å². The predicted molar refractivity (Wildman–Crippen MR) is 149 cm³/mol. The van der Waals surface area contributed by atoms with E-state index in [1.54, 1.807) is 12.1 Å². The van der Waals surface area contributed by atoms with Crippen LogP contribution >= 0.6 is 0 Å². The number of hydrogen-bond acceptors (Lipinski definition) is 4. The fourth-order valence-electron chi connectivity index (χ4n) is 4.86. The zero-order chi connectivity index (χ0) is 26.5. The van der Waals surface area contributed by atoms with Crippen LogP contribution < -0.4 is 0 Å². The lowest BCUT2D eigenvalue weighted by molar-refractivity contribution is -0.141. The number of aryl methyl sites for hydroxylation is 1. The van der Waals surface area contributed by atoms with Gasteiger partial charge in [-0.3, -0.25) is 4.79 Å². The Hall–Kier alpha value is -3.94. The third-order valence-corrected chi connectivity index (χ3v) is 8.74. The molecule has 0 spiro atoms. The van der Waals surface area contributed by atoms with Gasteiger partial charge in [0.2, 0.25) is 10.0 Å². The number of para-hydroxylation sites is 1. The molecule has 0 saturated carbocycles. The molecule has 0 aliphatic rings. The van der Waals surface area contributed by atoms with Gasteiger partial charge < -0.3 is 9.52 Å². The van der Waals surface area contributed by atoms with E-state index < -0.39 is 22.0 Å².